The van der Waals surface area contributed by atoms with Crippen molar-refractivity contribution in [2.45, 2.75) is 45.6 Å². The summed E-state index contributed by atoms with van der Waals surface area (Å²) in [5.41, 5.74) is 11.4. The number of anilines is 1. The van der Waals surface area contributed by atoms with E-state index in [-0.39, 0.29) is 30.7 Å². The van der Waals surface area contributed by atoms with Gasteiger partial charge < -0.3 is 20.7 Å². The van der Waals surface area contributed by atoms with Crippen LogP contribution in [0.3, 0.4) is 0 Å². The summed E-state index contributed by atoms with van der Waals surface area (Å²) in [6.07, 6.45) is 12.4. The number of para-hydroxylation sites is 1. The first kappa shape index (κ1) is 42.1. The number of hydrogen-bond donors (Lipinski definition) is 2. The molecule has 0 spiro atoms. The van der Waals surface area contributed by atoms with E-state index >= 15 is 7.77 Å². The molecule has 0 radical (unpaired) electrons. The van der Waals surface area contributed by atoms with Crippen LogP contribution >= 0.6 is 11.2 Å². The highest BCUT2D eigenvalue weighted by atomic mass is 32.3. The standard InChI is InChI=1S/C46H51F2N11O3S/c1-32-28-33(2)58-40(32)29-36-15-14-35(59(36)63(58,47)48)16-19-41(60)50-20-23-55-26-24-54(25-27-55)21-7-11-42(61)56-22-6-8-37(30-56)57-46-43(45(49)51-31-52-46)44(53-57)34-12-17-39(18-13-34)62-38-9-4-3-5-10-38/h3-5,7,9-15,17-18,28-29,31,37H,6,8,16,19-27,30H2,1-2H3,(H2-,49,50,51,52,53,60)/p+1/t37-/m1/s1. The molecule has 328 valence electrons. The number of rotatable bonds is 13. The molecule has 1 atom stereocenters. The zero-order chi connectivity index (χ0) is 43.7. The first-order chi connectivity index (χ1) is 30.5. The second-order valence-corrected chi connectivity index (χ2v) is 18.0. The molecule has 4 aliphatic rings. The number of allylic oxidation sites excluding steroid dienone is 2. The maximum atomic E-state index is 15.8. The summed E-state index contributed by atoms with van der Waals surface area (Å²) in [6, 6.07) is 19.0. The molecule has 2 saturated heterocycles. The second kappa shape index (κ2) is 17.9. The summed E-state index contributed by atoms with van der Waals surface area (Å²) in [5, 5.41) is 8.70. The van der Waals surface area contributed by atoms with Crippen LogP contribution in [0, 0.1) is 13.8 Å². The number of halogens is 2. The molecule has 2 aromatic carbocycles. The van der Waals surface area contributed by atoms with Crippen LogP contribution in [0.1, 0.15) is 48.7 Å². The van der Waals surface area contributed by atoms with Crippen molar-refractivity contribution in [1.82, 2.24) is 43.7 Å². The van der Waals surface area contributed by atoms with Crippen LogP contribution in [0.2, 0.25) is 0 Å². The van der Waals surface area contributed by atoms with E-state index in [1.54, 1.807) is 37.3 Å². The number of benzene rings is 2. The molecule has 2 fully saturated rings. The molecule has 14 nitrogen and oxygen atoms in total. The smallest absolute Gasteiger partial charge is 0.387 e. The first-order valence-electron chi connectivity index (χ1n) is 21.5. The summed E-state index contributed by atoms with van der Waals surface area (Å²) < 4.78 is 41.7. The van der Waals surface area contributed by atoms with Crippen LogP contribution in [0.4, 0.5) is 13.6 Å². The van der Waals surface area contributed by atoms with Gasteiger partial charge in [0.05, 0.1) is 17.1 Å². The maximum absolute atomic E-state index is 15.8. The van der Waals surface area contributed by atoms with Crippen molar-refractivity contribution in [1.29, 1.82) is 0 Å². The van der Waals surface area contributed by atoms with Gasteiger partial charge in [0.25, 0.3) is 0 Å². The van der Waals surface area contributed by atoms with Gasteiger partial charge in [0.2, 0.25) is 23.2 Å². The van der Waals surface area contributed by atoms with Gasteiger partial charge in [-0.1, -0.05) is 36.0 Å². The Hall–Kier alpha value is -6.17. The van der Waals surface area contributed by atoms with E-state index in [0.29, 0.717) is 83.8 Å². The SMILES string of the molecule is Cc1cc(C)n2c1C=C1C=CC(CCC(=O)NCCN3CCN(CC=CC(=O)N4CCC[C@@H](n5nc(-c6ccc(Oc7ccccc7)cc6)c6c(N)ncnc65)C4)CC3)=[N+]1S2(F)F. The molecule has 63 heavy (non-hydrogen) atoms. The van der Waals surface area contributed by atoms with E-state index in [1.807, 2.05) is 77.2 Å². The highest BCUT2D eigenvalue weighted by Gasteiger charge is 2.50. The van der Waals surface area contributed by atoms with Crippen molar-refractivity contribution in [2.75, 3.05) is 64.6 Å². The Morgan fingerprint density at radius 3 is 2.54 bits per heavy atom. The number of nitrogens with one attached hydrogen (secondary N) is 1. The zero-order valence-electron chi connectivity index (χ0n) is 35.5. The number of piperazine rings is 1. The molecule has 2 amide bonds. The van der Waals surface area contributed by atoms with Gasteiger partial charge in [0.1, 0.15) is 29.3 Å². The molecule has 5 aromatic rings. The lowest BCUT2D eigenvalue weighted by Gasteiger charge is -2.34. The Morgan fingerprint density at radius 1 is 0.984 bits per heavy atom. The molecular weight excluding hydrogens is 825 g/mol. The Balaban J connectivity index is 0.725. The fourth-order valence-electron chi connectivity index (χ4n) is 8.92. The topological polar surface area (TPSA) is 143 Å². The molecule has 0 bridgehead atoms. The number of nitrogen functional groups attached to an aromatic ring is 1. The molecular formula is C46H52F2N11O3S+. The van der Waals surface area contributed by atoms with Crippen molar-refractivity contribution in [2.24, 2.45) is 0 Å². The fraction of sp³-hybridized carbons (Fsp3) is 0.348. The number of carbonyl (C=O) groups is 2. The first-order valence-corrected chi connectivity index (χ1v) is 22.8. The summed E-state index contributed by atoms with van der Waals surface area (Å²) >= 11 is -4.31. The Bertz CT molecular complexity index is 2650. The summed E-state index contributed by atoms with van der Waals surface area (Å²) in [5.74, 6) is 1.63. The Kier molecular flexibility index (Phi) is 12.0. The number of ether oxygens (including phenoxy) is 1. The summed E-state index contributed by atoms with van der Waals surface area (Å²) in [6.45, 7) is 9.96. The summed E-state index contributed by atoms with van der Waals surface area (Å²) in [4.78, 5) is 41.6. The van der Waals surface area contributed by atoms with E-state index < -0.39 is 11.2 Å². The van der Waals surface area contributed by atoms with E-state index in [4.69, 9.17) is 15.6 Å². The molecule has 0 unspecified atom stereocenters. The minimum absolute atomic E-state index is 0.0285. The largest absolute Gasteiger partial charge is 0.457 e. The normalized spacial score (nSPS) is 19.3. The van der Waals surface area contributed by atoms with E-state index in [2.05, 4.69) is 25.1 Å². The molecule has 4 aliphatic heterocycles. The van der Waals surface area contributed by atoms with Gasteiger partial charge in [-0.15, -0.1) is 0 Å². The number of fused-ring (bicyclic) bond motifs is 3. The Morgan fingerprint density at radius 2 is 1.75 bits per heavy atom. The van der Waals surface area contributed by atoms with Gasteiger partial charge in [-0.3, -0.25) is 19.4 Å². The molecule has 9 rings (SSSR count). The van der Waals surface area contributed by atoms with Gasteiger partial charge in [-0.05, 0) is 74.7 Å². The van der Waals surface area contributed by atoms with E-state index in [0.717, 1.165) is 63.9 Å². The average molecular weight is 877 g/mol. The number of carbonyl (C=O) groups excluding carboxylic acids is 2. The van der Waals surface area contributed by atoms with Crippen molar-refractivity contribution in [3.8, 4) is 22.8 Å². The highest BCUT2D eigenvalue weighted by molar-refractivity contribution is 8.18. The molecule has 17 heteroatoms. The third kappa shape index (κ3) is 8.77. The Labute approximate surface area is 367 Å². The van der Waals surface area contributed by atoms with Crippen LogP contribution < -0.4 is 15.8 Å². The molecule has 3 N–H and O–H groups in total. The van der Waals surface area contributed by atoms with Gasteiger partial charge in [-0.25, -0.2) is 18.6 Å². The summed E-state index contributed by atoms with van der Waals surface area (Å²) in [7, 11) is 0. The lowest BCUT2D eigenvalue weighted by Crippen LogP contribution is -2.48. The number of aryl methyl sites for hydroxylation is 2. The number of nitrogens with two attached hydrogens (primary N) is 1. The molecule has 3 aromatic heterocycles. The third-order valence-electron chi connectivity index (χ3n) is 12.2. The van der Waals surface area contributed by atoms with Crippen LogP contribution in [-0.4, -0.2) is 119 Å². The van der Waals surface area contributed by atoms with Crippen LogP contribution in [0.15, 0.2) is 97.0 Å². The van der Waals surface area contributed by atoms with E-state index in [1.165, 1.54) is 6.33 Å². The van der Waals surface area contributed by atoms with Gasteiger partial charge in [0.15, 0.2) is 5.65 Å². The molecule has 7 heterocycles. The van der Waals surface area contributed by atoms with Gasteiger partial charge in [-0.2, -0.15) is 5.10 Å². The zero-order valence-corrected chi connectivity index (χ0v) is 36.3. The number of amides is 2. The van der Waals surface area contributed by atoms with Gasteiger partial charge >= 0.3 is 11.2 Å². The number of piperidine rings is 1. The maximum Gasteiger partial charge on any atom is 0.387 e. The molecule has 0 saturated carbocycles. The van der Waals surface area contributed by atoms with Crippen molar-refractivity contribution < 1.29 is 26.1 Å². The third-order valence-corrected chi connectivity index (χ3v) is 14.0. The van der Waals surface area contributed by atoms with Crippen LogP contribution in [0.25, 0.3) is 28.4 Å². The number of aromatic nitrogens is 5. The van der Waals surface area contributed by atoms with Crippen LogP contribution in [-0.2, 0) is 9.59 Å². The van der Waals surface area contributed by atoms with Crippen LogP contribution in [0.5, 0.6) is 11.5 Å². The second-order valence-electron chi connectivity index (χ2n) is 16.4. The molecule has 0 aliphatic carbocycles. The van der Waals surface area contributed by atoms with Crippen molar-refractivity contribution >= 4 is 51.6 Å². The number of nitrogens with zero attached hydrogens (tertiary/aromatic N) is 9. The highest BCUT2D eigenvalue weighted by Crippen LogP contribution is 2.61. The lowest BCUT2D eigenvalue weighted by molar-refractivity contribution is -0.302. The minimum Gasteiger partial charge on any atom is -0.457 e. The van der Waals surface area contributed by atoms with Crippen molar-refractivity contribution in [3.05, 3.63) is 114 Å². The van der Waals surface area contributed by atoms with E-state index in [9.17, 15) is 9.59 Å². The van der Waals surface area contributed by atoms with Gasteiger partial charge in [0, 0.05) is 107 Å². The fourth-order valence-corrected chi connectivity index (χ4v) is 10.7. The predicted octanol–water partition coefficient (Wildman–Crippen LogP) is 6.85. The quantitative estimate of drug-likeness (QED) is 0.0960. The number of hydrogen-bond acceptors (Lipinski definition) is 9. The average Bonchev–Trinajstić information content (AvgIpc) is 3.98. The van der Waals surface area contributed by atoms with Crippen molar-refractivity contribution in [3.63, 3.8) is 0 Å². The minimum atomic E-state index is -4.31. The monoisotopic (exact) mass is 876 g/mol. The number of likely N-dealkylation sites (tertiary alicyclic amines) is 1. The lowest BCUT2D eigenvalue weighted by atomic mass is 10.1. The predicted molar refractivity (Wildman–Crippen MR) is 242 cm³/mol.